The van der Waals surface area contributed by atoms with Gasteiger partial charge in [-0.15, -0.1) is 0 Å². The van der Waals surface area contributed by atoms with Gasteiger partial charge in [-0.2, -0.15) is 0 Å². The minimum absolute atomic E-state index is 0.0548. The molecule has 0 saturated carbocycles. The van der Waals surface area contributed by atoms with Gasteiger partial charge in [0.1, 0.15) is 0 Å². The van der Waals surface area contributed by atoms with Crippen molar-refractivity contribution in [3.8, 4) is 0 Å². The maximum Gasteiger partial charge on any atom is 0.317 e. The lowest BCUT2D eigenvalue weighted by atomic mass is 9.94. The van der Waals surface area contributed by atoms with Crippen LogP contribution in [0.2, 0.25) is 0 Å². The number of carboxylic acids is 2. The topological polar surface area (TPSA) is 89.9 Å². The van der Waals surface area contributed by atoms with E-state index in [0.717, 1.165) is 0 Å². The molecular formula is C9H16N2O4. The fourth-order valence-corrected chi connectivity index (χ4v) is 1.90. The van der Waals surface area contributed by atoms with Gasteiger partial charge in [0, 0.05) is 19.1 Å². The number of hydrogen-bond donors (Lipinski definition) is 3. The molecule has 0 aromatic heterocycles. The molecule has 1 fully saturated rings. The van der Waals surface area contributed by atoms with Crippen LogP contribution in [0.15, 0.2) is 0 Å². The number of rotatable bonds is 4. The van der Waals surface area contributed by atoms with Gasteiger partial charge in [0.25, 0.3) is 0 Å². The first-order valence-corrected chi connectivity index (χ1v) is 4.87. The molecule has 1 saturated heterocycles. The third kappa shape index (κ3) is 3.49. The highest BCUT2D eigenvalue weighted by molar-refractivity contribution is 5.71. The predicted octanol–water partition coefficient (Wildman–Crippen LogP) is -0.934. The van der Waals surface area contributed by atoms with Gasteiger partial charge in [0.15, 0.2) is 0 Å². The van der Waals surface area contributed by atoms with Crippen molar-refractivity contribution >= 4 is 11.9 Å². The molecule has 0 aliphatic carbocycles. The molecule has 1 aliphatic heterocycles. The van der Waals surface area contributed by atoms with E-state index in [-0.39, 0.29) is 12.6 Å². The van der Waals surface area contributed by atoms with E-state index in [9.17, 15) is 9.59 Å². The molecule has 0 bridgehead atoms. The minimum atomic E-state index is -0.920. The molecular weight excluding hydrogens is 200 g/mol. The summed E-state index contributed by atoms with van der Waals surface area (Å²) in [5.41, 5.74) is 0. The van der Waals surface area contributed by atoms with Crippen LogP contribution in [0.25, 0.3) is 0 Å². The van der Waals surface area contributed by atoms with Gasteiger partial charge >= 0.3 is 11.9 Å². The highest BCUT2D eigenvalue weighted by Gasteiger charge is 2.31. The van der Waals surface area contributed by atoms with Crippen molar-refractivity contribution in [1.82, 2.24) is 10.2 Å². The Morgan fingerprint density at radius 2 is 2.07 bits per heavy atom. The second-order valence-corrected chi connectivity index (χ2v) is 3.84. The largest absolute Gasteiger partial charge is 0.481 e. The molecule has 0 radical (unpaired) electrons. The average molecular weight is 216 g/mol. The van der Waals surface area contributed by atoms with Gasteiger partial charge in [-0.05, 0) is 13.5 Å². The number of piperidine rings is 1. The van der Waals surface area contributed by atoms with E-state index in [1.807, 2.05) is 0 Å². The Balaban J connectivity index is 2.58. The Kier molecular flexibility index (Phi) is 4.05. The summed E-state index contributed by atoms with van der Waals surface area (Å²) in [6.07, 6.45) is 0.557. The Labute approximate surface area is 87.9 Å². The quantitative estimate of drug-likeness (QED) is 0.562. The van der Waals surface area contributed by atoms with E-state index in [0.29, 0.717) is 19.5 Å². The summed E-state index contributed by atoms with van der Waals surface area (Å²) >= 11 is 0. The Morgan fingerprint density at radius 1 is 1.40 bits per heavy atom. The summed E-state index contributed by atoms with van der Waals surface area (Å²) < 4.78 is 0. The zero-order chi connectivity index (χ0) is 11.4. The number of carboxylic acid groups (broad SMARTS) is 2. The van der Waals surface area contributed by atoms with E-state index in [1.165, 1.54) is 0 Å². The fourth-order valence-electron chi connectivity index (χ4n) is 1.90. The zero-order valence-electron chi connectivity index (χ0n) is 8.64. The van der Waals surface area contributed by atoms with Crippen molar-refractivity contribution in [3.05, 3.63) is 0 Å². The van der Waals surface area contributed by atoms with E-state index >= 15 is 0 Å². The second kappa shape index (κ2) is 5.09. The third-order valence-electron chi connectivity index (χ3n) is 2.64. The summed E-state index contributed by atoms with van der Waals surface area (Å²) in [6, 6.07) is 0.0548. The van der Waals surface area contributed by atoms with Gasteiger partial charge in [0.05, 0.1) is 12.5 Å². The van der Waals surface area contributed by atoms with Crippen molar-refractivity contribution in [3.63, 3.8) is 0 Å². The van der Waals surface area contributed by atoms with Crippen LogP contribution in [0.3, 0.4) is 0 Å². The standard InChI is InChI=1S/C9H16N2O4/c1-10-7-2-6(9(14)15)3-11(4-7)5-8(12)13/h6-7,10H,2-5H2,1H3,(H,12,13)(H,14,15). The first-order chi connectivity index (χ1) is 7.02. The predicted molar refractivity (Wildman–Crippen MR) is 52.7 cm³/mol. The van der Waals surface area contributed by atoms with E-state index in [1.54, 1.807) is 11.9 Å². The smallest absolute Gasteiger partial charge is 0.317 e. The van der Waals surface area contributed by atoms with Gasteiger partial charge in [0.2, 0.25) is 0 Å². The molecule has 1 aliphatic rings. The lowest BCUT2D eigenvalue weighted by Gasteiger charge is -2.34. The molecule has 15 heavy (non-hydrogen) atoms. The first kappa shape index (κ1) is 11.9. The van der Waals surface area contributed by atoms with Crippen molar-refractivity contribution in [2.24, 2.45) is 5.92 Å². The van der Waals surface area contributed by atoms with Gasteiger partial charge < -0.3 is 15.5 Å². The minimum Gasteiger partial charge on any atom is -0.481 e. The van der Waals surface area contributed by atoms with Gasteiger partial charge in [-0.1, -0.05) is 0 Å². The highest BCUT2D eigenvalue weighted by Crippen LogP contribution is 2.16. The first-order valence-electron chi connectivity index (χ1n) is 4.87. The van der Waals surface area contributed by atoms with Crippen LogP contribution in [0.4, 0.5) is 0 Å². The van der Waals surface area contributed by atoms with Crippen LogP contribution in [0.5, 0.6) is 0 Å². The summed E-state index contributed by atoms with van der Waals surface area (Å²) in [4.78, 5) is 23.0. The molecule has 1 rings (SSSR count). The monoisotopic (exact) mass is 216 g/mol. The van der Waals surface area contributed by atoms with Crippen molar-refractivity contribution in [2.75, 3.05) is 26.7 Å². The number of nitrogens with zero attached hydrogens (tertiary/aromatic N) is 1. The Morgan fingerprint density at radius 3 is 2.53 bits per heavy atom. The summed E-state index contributed by atoms with van der Waals surface area (Å²) in [6.45, 7) is 0.814. The maximum atomic E-state index is 10.8. The van der Waals surface area contributed by atoms with Gasteiger partial charge in [-0.3, -0.25) is 14.5 Å². The van der Waals surface area contributed by atoms with Crippen molar-refractivity contribution < 1.29 is 19.8 Å². The fraction of sp³-hybridized carbons (Fsp3) is 0.778. The molecule has 0 aromatic rings. The summed E-state index contributed by atoms with van der Waals surface area (Å²) in [5, 5.41) is 20.5. The number of carbonyl (C=O) groups is 2. The van der Waals surface area contributed by atoms with E-state index in [2.05, 4.69) is 5.32 Å². The maximum absolute atomic E-state index is 10.8. The van der Waals surface area contributed by atoms with Crippen molar-refractivity contribution in [2.45, 2.75) is 12.5 Å². The number of aliphatic carboxylic acids is 2. The second-order valence-electron chi connectivity index (χ2n) is 3.84. The van der Waals surface area contributed by atoms with Crippen LogP contribution in [-0.4, -0.2) is 59.8 Å². The molecule has 3 N–H and O–H groups in total. The lowest BCUT2D eigenvalue weighted by molar-refractivity contribution is -0.146. The molecule has 6 nitrogen and oxygen atoms in total. The molecule has 0 amide bonds. The normalized spacial score (nSPS) is 27.5. The lowest BCUT2D eigenvalue weighted by Crippen LogP contribution is -2.51. The Hall–Kier alpha value is -1.14. The molecule has 2 unspecified atom stereocenters. The highest BCUT2D eigenvalue weighted by atomic mass is 16.4. The number of nitrogens with one attached hydrogen (secondary N) is 1. The zero-order valence-corrected chi connectivity index (χ0v) is 8.64. The van der Waals surface area contributed by atoms with Crippen molar-refractivity contribution in [1.29, 1.82) is 0 Å². The molecule has 0 aromatic carbocycles. The third-order valence-corrected chi connectivity index (χ3v) is 2.64. The molecule has 2 atom stereocenters. The molecule has 6 heteroatoms. The number of likely N-dealkylation sites (N-methyl/N-ethyl adjacent to an activating group) is 1. The van der Waals surface area contributed by atoms with Crippen LogP contribution >= 0.6 is 0 Å². The summed E-state index contributed by atoms with van der Waals surface area (Å²) in [7, 11) is 1.76. The van der Waals surface area contributed by atoms with Gasteiger partial charge in [-0.25, -0.2) is 0 Å². The molecule has 86 valence electrons. The number of hydrogen-bond acceptors (Lipinski definition) is 4. The van der Waals surface area contributed by atoms with Crippen LogP contribution in [-0.2, 0) is 9.59 Å². The average Bonchev–Trinajstić information content (AvgIpc) is 2.16. The number of likely N-dealkylation sites (tertiary alicyclic amines) is 1. The molecule has 1 heterocycles. The summed E-state index contributed by atoms with van der Waals surface area (Å²) in [5.74, 6) is -2.25. The molecule has 0 spiro atoms. The van der Waals surface area contributed by atoms with Crippen LogP contribution in [0.1, 0.15) is 6.42 Å². The SMILES string of the molecule is CNC1CC(C(=O)O)CN(CC(=O)O)C1. The Bertz CT molecular complexity index is 256. The van der Waals surface area contributed by atoms with Crippen LogP contribution < -0.4 is 5.32 Å². The van der Waals surface area contributed by atoms with Crippen LogP contribution in [0, 0.1) is 5.92 Å². The van der Waals surface area contributed by atoms with E-state index in [4.69, 9.17) is 10.2 Å². The van der Waals surface area contributed by atoms with E-state index < -0.39 is 17.9 Å².